The summed E-state index contributed by atoms with van der Waals surface area (Å²) in [6.07, 6.45) is 9.10. The van der Waals surface area contributed by atoms with Gasteiger partial charge in [0, 0.05) is 0 Å². The van der Waals surface area contributed by atoms with Crippen molar-refractivity contribution in [3.8, 4) is 0 Å². The maximum atomic E-state index is 11.8. The molecule has 2 aliphatic heterocycles. The van der Waals surface area contributed by atoms with Crippen molar-refractivity contribution >= 4 is 11.9 Å². The van der Waals surface area contributed by atoms with E-state index in [2.05, 4.69) is 27.7 Å². The lowest BCUT2D eigenvalue weighted by molar-refractivity contribution is -0.145. The van der Waals surface area contributed by atoms with Gasteiger partial charge in [0.05, 0.1) is 31.2 Å². The summed E-state index contributed by atoms with van der Waals surface area (Å²) in [5, 5.41) is 10.3. The molecule has 0 saturated carbocycles. The Morgan fingerprint density at radius 1 is 0.821 bits per heavy atom. The van der Waals surface area contributed by atoms with Gasteiger partial charge in [-0.15, -0.1) is 0 Å². The third-order valence-electron chi connectivity index (χ3n) is 6.97. The van der Waals surface area contributed by atoms with Gasteiger partial charge in [-0.25, -0.2) is 0 Å². The number of carbonyl (C=O) groups excluding carboxylic acids is 2. The molecule has 0 bridgehead atoms. The molecule has 2 fully saturated rings. The third-order valence-corrected chi connectivity index (χ3v) is 6.97. The van der Waals surface area contributed by atoms with Gasteiger partial charge in [-0.1, -0.05) is 53.4 Å². The molecule has 2 aliphatic rings. The van der Waals surface area contributed by atoms with E-state index in [1.54, 1.807) is 0 Å². The van der Waals surface area contributed by atoms with Gasteiger partial charge in [0.2, 0.25) is 0 Å². The topological polar surface area (TPSA) is 72.8 Å². The van der Waals surface area contributed by atoms with Crippen molar-refractivity contribution in [3.05, 3.63) is 0 Å². The van der Waals surface area contributed by atoms with Crippen LogP contribution in [0.4, 0.5) is 0 Å². The number of aliphatic hydroxyl groups is 1. The van der Waals surface area contributed by atoms with E-state index < -0.39 is 0 Å². The second-order valence-corrected chi connectivity index (χ2v) is 10.1. The van der Waals surface area contributed by atoms with Crippen LogP contribution in [-0.4, -0.2) is 36.4 Å². The summed E-state index contributed by atoms with van der Waals surface area (Å²) in [5.74, 6) is -0.0338. The molecule has 0 aromatic heterocycles. The van der Waals surface area contributed by atoms with E-state index in [0.29, 0.717) is 13.2 Å². The standard InChI is InChI=1S/C23H40O5/c1-22(2,18-11-15-27-20(18)25)13-7-5-9-17(24)10-6-8-14-23(3,4)19-12-16-28-21(19)26/h17-19,24H,5-16H2,1-4H3. The van der Waals surface area contributed by atoms with Gasteiger partial charge < -0.3 is 14.6 Å². The Bertz CT molecular complexity index is 479. The molecule has 0 aromatic carbocycles. The van der Waals surface area contributed by atoms with E-state index in [1.807, 2.05) is 0 Å². The third kappa shape index (κ3) is 6.47. The molecule has 2 heterocycles. The highest BCUT2D eigenvalue weighted by Gasteiger charge is 2.40. The van der Waals surface area contributed by atoms with Crippen LogP contribution in [0.2, 0.25) is 0 Å². The summed E-state index contributed by atoms with van der Waals surface area (Å²) in [6.45, 7) is 9.74. The molecule has 28 heavy (non-hydrogen) atoms. The molecule has 2 atom stereocenters. The molecule has 5 nitrogen and oxygen atoms in total. The Morgan fingerprint density at radius 2 is 1.21 bits per heavy atom. The van der Waals surface area contributed by atoms with Crippen LogP contribution in [0, 0.1) is 22.7 Å². The lowest BCUT2D eigenvalue weighted by Gasteiger charge is -2.29. The fourth-order valence-electron chi connectivity index (χ4n) is 4.83. The van der Waals surface area contributed by atoms with Crippen LogP contribution in [0.5, 0.6) is 0 Å². The molecule has 0 spiro atoms. The average Bonchev–Trinajstić information content (AvgIpc) is 3.24. The average molecular weight is 397 g/mol. The van der Waals surface area contributed by atoms with Crippen molar-refractivity contribution in [2.24, 2.45) is 22.7 Å². The lowest BCUT2D eigenvalue weighted by Crippen LogP contribution is -2.28. The summed E-state index contributed by atoms with van der Waals surface area (Å²) in [7, 11) is 0. The molecule has 0 aromatic rings. The minimum Gasteiger partial charge on any atom is -0.465 e. The SMILES string of the molecule is CC(C)(CCCCC(O)CCCCC(C)(C)C1CCOC1=O)C1CCOC1=O. The highest BCUT2D eigenvalue weighted by molar-refractivity contribution is 5.75. The number of hydrogen-bond donors (Lipinski definition) is 1. The smallest absolute Gasteiger partial charge is 0.309 e. The van der Waals surface area contributed by atoms with Crippen molar-refractivity contribution in [1.82, 2.24) is 0 Å². The number of aliphatic hydroxyl groups excluding tert-OH is 1. The zero-order valence-corrected chi connectivity index (χ0v) is 18.3. The van der Waals surface area contributed by atoms with Crippen LogP contribution >= 0.6 is 0 Å². The van der Waals surface area contributed by atoms with Crippen LogP contribution < -0.4 is 0 Å². The molecule has 2 unspecified atom stereocenters. The second kappa shape index (κ2) is 10.1. The minimum absolute atomic E-state index is 0.0223. The first-order valence-corrected chi connectivity index (χ1v) is 11.1. The Labute approximate surface area is 170 Å². The van der Waals surface area contributed by atoms with E-state index in [9.17, 15) is 14.7 Å². The molecular weight excluding hydrogens is 356 g/mol. The van der Waals surface area contributed by atoms with E-state index in [0.717, 1.165) is 64.2 Å². The summed E-state index contributed by atoms with van der Waals surface area (Å²) >= 11 is 0. The number of carbonyl (C=O) groups is 2. The van der Waals surface area contributed by atoms with Crippen molar-refractivity contribution < 1.29 is 24.2 Å². The highest BCUT2D eigenvalue weighted by atomic mass is 16.5. The number of cyclic esters (lactones) is 2. The summed E-state index contributed by atoms with van der Waals surface area (Å²) < 4.78 is 10.2. The minimum atomic E-state index is -0.251. The van der Waals surface area contributed by atoms with Crippen LogP contribution in [0.3, 0.4) is 0 Å². The molecule has 0 radical (unpaired) electrons. The van der Waals surface area contributed by atoms with Gasteiger partial charge in [-0.2, -0.15) is 0 Å². The second-order valence-electron chi connectivity index (χ2n) is 10.1. The van der Waals surface area contributed by atoms with E-state index in [-0.39, 0.29) is 40.7 Å². The fourth-order valence-corrected chi connectivity index (χ4v) is 4.83. The quantitative estimate of drug-likeness (QED) is 0.384. The van der Waals surface area contributed by atoms with Gasteiger partial charge in [0.25, 0.3) is 0 Å². The highest BCUT2D eigenvalue weighted by Crippen LogP contribution is 2.39. The predicted octanol–water partition coefficient (Wildman–Crippen LogP) is 4.65. The van der Waals surface area contributed by atoms with Gasteiger partial charge in [-0.3, -0.25) is 9.59 Å². The number of ether oxygens (including phenoxy) is 2. The van der Waals surface area contributed by atoms with Gasteiger partial charge >= 0.3 is 11.9 Å². The van der Waals surface area contributed by atoms with Gasteiger partial charge in [0.1, 0.15) is 0 Å². The lowest BCUT2D eigenvalue weighted by atomic mass is 9.74. The zero-order valence-electron chi connectivity index (χ0n) is 18.3. The molecule has 2 saturated heterocycles. The molecular formula is C23H40O5. The first-order valence-electron chi connectivity index (χ1n) is 11.1. The van der Waals surface area contributed by atoms with Crippen molar-refractivity contribution in [1.29, 1.82) is 0 Å². The van der Waals surface area contributed by atoms with Crippen molar-refractivity contribution in [2.45, 2.75) is 98.0 Å². The van der Waals surface area contributed by atoms with Crippen LogP contribution in [0.1, 0.15) is 91.9 Å². The van der Waals surface area contributed by atoms with Crippen LogP contribution in [0.15, 0.2) is 0 Å². The zero-order chi connectivity index (χ0) is 20.8. The number of unbranched alkanes of at least 4 members (excludes halogenated alkanes) is 2. The Morgan fingerprint density at radius 3 is 1.54 bits per heavy atom. The van der Waals surface area contributed by atoms with Crippen LogP contribution in [0.25, 0.3) is 0 Å². The molecule has 0 amide bonds. The molecule has 1 N–H and O–H groups in total. The molecule has 2 rings (SSSR count). The number of esters is 2. The van der Waals surface area contributed by atoms with E-state index in [4.69, 9.17) is 9.47 Å². The number of hydrogen-bond acceptors (Lipinski definition) is 5. The van der Waals surface area contributed by atoms with E-state index in [1.165, 1.54) is 0 Å². The largest absolute Gasteiger partial charge is 0.465 e. The maximum Gasteiger partial charge on any atom is 0.309 e. The Kier molecular flexibility index (Phi) is 8.35. The normalized spacial score (nSPS) is 24.3. The van der Waals surface area contributed by atoms with Crippen molar-refractivity contribution in [3.63, 3.8) is 0 Å². The Hall–Kier alpha value is -1.10. The summed E-state index contributed by atoms with van der Waals surface area (Å²) in [5.41, 5.74) is -0.0446. The number of rotatable bonds is 12. The molecule has 162 valence electrons. The monoisotopic (exact) mass is 396 g/mol. The predicted molar refractivity (Wildman–Crippen MR) is 109 cm³/mol. The van der Waals surface area contributed by atoms with E-state index >= 15 is 0 Å². The van der Waals surface area contributed by atoms with Crippen molar-refractivity contribution in [2.75, 3.05) is 13.2 Å². The van der Waals surface area contributed by atoms with Crippen LogP contribution in [-0.2, 0) is 19.1 Å². The first-order chi connectivity index (χ1) is 13.1. The summed E-state index contributed by atoms with van der Waals surface area (Å²) in [4.78, 5) is 23.6. The molecule has 5 heteroatoms. The first kappa shape index (κ1) is 23.2. The fraction of sp³-hybridized carbons (Fsp3) is 0.913. The Balaban J connectivity index is 1.56. The maximum absolute atomic E-state index is 11.8. The van der Waals surface area contributed by atoms with Gasteiger partial charge in [0.15, 0.2) is 0 Å². The summed E-state index contributed by atoms with van der Waals surface area (Å²) in [6, 6.07) is 0. The molecule has 0 aliphatic carbocycles. The van der Waals surface area contributed by atoms with Gasteiger partial charge in [-0.05, 0) is 49.4 Å².